The molecule has 2 heteroatoms. The van der Waals surface area contributed by atoms with Gasteiger partial charge < -0.3 is 10.4 Å². The summed E-state index contributed by atoms with van der Waals surface area (Å²) >= 11 is 0. The van der Waals surface area contributed by atoms with E-state index in [1.807, 2.05) is 6.92 Å². The van der Waals surface area contributed by atoms with Crippen LogP contribution in [-0.4, -0.2) is 24.3 Å². The molecule has 2 nitrogen and oxygen atoms in total. The van der Waals surface area contributed by atoms with E-state index < -0.39 is 0 Å². The summed E-state index contributed by atoms with van der Waals surface area (Å²) in [5.74, 6) is 6.39. The molecule has 0 bridgehead atoms. The van der Waals surface area contributed by atoms with E-state index in [1.54, 1.807) is 0 Å². The molecule has 2 atom stereocenters. The Labute approximate surface area is 80.7 Å². The summed E-state index contributed by atoms with van der Waals surface area (Å²) in [7, 11) is 0. The lowest BCUT2D eigenvalue weighted by molar-refractivity contribution is 0.206. The van der Waals surface area contributed by atoms with Crippen molar-refractivity contribution in [3.8, 4) is 11.8 Å². The minimum atomic E-state index is 0.330. The standard InChI is InChI=1S/C11H19NO/c1-2-3-4-8-12-11-7-5-6-10(11)9-13/h10-13H,4-9H2,1H3. The Balaban J connectivity index is 2.15. The molecule has 0 aromatic rings. The van der Waals surface area contributed by atoms with Crippen molar-refractivity contribution in [1.29, 1.82) is 0 Å². The van der Waals surface area contributed by atoms with Gasteiger partial charge in [-0.05, 0) is 25.7 Å². The molecule has 0 radical (unpaired) electrons. The smallest absolute Gasteiger partial charge is 0.0474 e. The van der Waals surface area contributed by atoms with Gasteiger partial charge in [0.25, 0.3) is 0 Å². The van der Waals surface area contributed by atoms with Gasteiger partial charge in [-0.3, -0.25) is 0 Å². The maximum atomic E-state index is 9.07. The predicted molar refractivity (Wildman–Crippen MR) is 54.3 cm³/mol. The third-order valence-electron chi connectivity index (χ3n) is 2.73. The van der Waals surface area contributed by atoms with Gasteiger partial charge in [-0.15, -0.1) is 11.8 Å². The average Bonchev–Trinajstić information content (AvgIpc) is 2.60. The molecule has 0 heterocycles. The van der Waals surface area contributed by atoms with E-state index in [4.69, 9.17) is 5.11 Å². The second-order valence-electron chi connectivity index (χ2n) is 3.61. The quantitative estimate of drug-likeness (QED) is 0.504. The van der Waals surface area contributed by atoms with Gasteiger partial charge in [0.1, 0.15) is 0 Å². The fourth-order valence-electron chi connectivity index (χ4n) is 1.97. The number of aliphatic hydroxyl groups is 1. The monoisotopic (exact) mass is 181 g/mol. The minimum Gasteiger partial charge on any atom is -0.396 e. The fraction of sp³-hybridized carbons (Fsp3) is 0.818. The summed E-state index contributed by atoms with van der Waals surface area (Å²) in [6.45, 7) is 3.16. The van der Waals surface area contributed by atoms with Crippen LogP contribution in [0.1, 0.15) is 32.6 Å². The lowest BCUT2D eigenvalue weighted by atomic mass is 10.1. The fourth-order valence-corrected chi connectivity index (χ4v) is 1.97. The van der Waals surface area contributed by atoms with Crippen molar-refractivity contribution < 1.29 is 5.11 Å². The van der Waals surface area contributed by atoms with Crippen LogP contribution >= 0.6 is 0 Å². The van der Waals surface area contributed by atoms with Gasteiger partial charge in [-0.2, -0.15) is 0 Å². The molecular weight excluding hydrogens is 162 g/mol. The first-order valence-corrected chi connectivity index (χ1v) is 5.12. The van der Waals surface area contributed by atoms with Crippen LogP contribution in [0.25, 0.3) is 0 Å². The van der Waals surface area contributed by atoms with Gasteiger partial charge in [0, 0.05) is 25.6 Å². The van der Waals surface area contributed by atoms with Crippen molar-refractivity contribution in [3.05, 3.63) is 0 Å². The molecule has 13 heavy (non-hydrogen) atoms. The van der Waals surface area contributed by atoms with Crippen molar-refractivity contribution in [2.45, 2.75) is 38.6 Å². The van der Waals surface area contributed by atoms with E-state index in [0.717, 1.165) is 13.0 Å². The van der Waals surface area contributed by atoms with E-state index in [1.165, 1.54) is 19.3 Å². The van der Waals surface area contributed by atoms with Crippen molar-refractivity contribution >= 4 is 0 Å². The van der Waals surface area contributed by atoms with Crippen LogP contribution in [0, 0.1) is 17.8 Å². The molecule has 1 rings (SSSR count). The number of nitrogens with one attached hydrogen (secondary N) is 1. The normalized spacial score (nSPS) is 26.9. The van der Waals surface area contributed by atoms with Gasteiger partial charge in [-0.25, -0.2) is 0 Å². The van der Waals surface area contributed by atoms with Crippen LogP contribution in [0.2, 0.25) is 0 Å². The molecule has 1 fully saturated rings. The van der Waals surface area contributed by atoms with Crippen LogP contribution in [0.4, 0.5) is 0 Å². The second kappa shape index (κ2) is 6.01. The highest BCUT2D eigenvalue weighted by atomic mass is 16.3. The van der Waals surface area contributed by atoms with E-state index in [2.05, 4.69) is 17.2 Å². The van der Waals surface area contributed by atoms with Crippen LogP contribution in [0.5, 0.6) is 0 Å². The molecule has 0 saturated heterocycles. The van der Waals surface area contributed by atoms with E-state index in [0.29, 0.717) is 18.6 Å². The Kier molecular flexibility index (Phi) is 4.88. The number of hydrogen-bond acceptors (Lipinski definition) is 2. The maximum absolute atomic E-state index is 9.07. The van der Waals surface area contributed by atoms with Gasteiger partial charge in [0.05, 0.1) is 0 Å². The average molecular weight is 181 g/mol. The Morgan fingerprint density at radius 3 is 3.00 bits per heavy atom. The van der Waals surface area contributed by atoms with Gasteiger partial charge >= 0.3 is 0 Å². The molecule has 1 saturated carbocycles. The van der Waals surface area contributed by atoms with Crippen molar-refractivity contribution in [2.75, 3.05) is 13.2 Å². The summed E-state index contributed by atoms with van der Waals surface area (Å²) in [6, 6.07) is 0.531. The molecule has 0 aliphatic heterocycles. The zero-order valence-corrected chi connectivity index (χ0v) is 8.34. The number of hydrogen-bond donors (Lipinski definition) is 2. The highest BCUT2D eigenvalue weighted by Gasteiger charge is 2.25. The maximum Gasteiger partial charge on any atom is 0.0474 e. The first-order valence-electron chi connectivity index (χ1n) is 5.12. The van der Waals surface area contributed by atoms with Crippen LogP contribution in [0.15, 0.2) is 0 Å². The van der Waals surface area contributed by atoms with Gasteiger partial charge in [0.15, 0.2) is 0 Å². The summed E-state index contributed by atoms with van der Waals surface area (Å²) in [5.41, 5.74) is 0. The predicted octanol–water partition coefficient (Wildman–Crippen LogP) is 1.15. The molecule has 0 aromatic heterocycles. The first-order chi connectivity index (χ1) is 6.38. The van der Waals surface area contributed by atoms with Gasteiger partial charge in [-0.1, -0.05) is 6.42 Å². The molecule has 74 valence electrons. The highest BCUT2D eigenvalue weighted by Crippen LogP contribution is 2.24. The SMILES string of the molecule is CC#CCCNC1CCCC1CO. The molecule has 1 aliphatic rings. The van der Waals surface area contributed by atoms with E-state index in [-0.39, 0.29) is 0 Å². The van der Waals surface area contributed by atoms with Crippen molar-refractivity contribution in [2.24, 2.45) is 5.92 Å². The molecule has 0 amide bonds. The number of aliphatic hydroxyl groups excluding tert-OH is 1. The van der Waals surface area contributed by atoms with E-state index >= 15 is 0 Å². The second-order valence-corrected chi connectivity index (χ2v) is 3.61. The number of rotatable bonds is 4. The molecule has 1 aliphatic carbocycles. The van der Waals surface area contributed by atoms with Crippen LogP contribution in [0.3, 0.4) is 0 Å². The summed E-state index contributed by atoms with van der Waals surface area (Å²) in [6.07, 6.45) is 4.56. The molecule has 2 N–H and O–H groups in total. The molecule has 0 spiro atoms. The van der Waals surface area contributed by atoms with Crippen molar-refractivity contribution in [3.63, 3.8) is 0 Å². The lowest BCUT2D eigenvalue weighted by Gasteiger charge is -2.18. The van der Waals surface area contributed by atoms with Crippen LogP contribution in [-0.2, 0) is 0 Å². The largest absolute Gasteiger partial charge is 0.396 e. The Morgan fingerprint density at radius 2 is 2.31 bits per heavy atom. The Morgan fingerprint density at radius 1 is 1.46 bits per heavy atom. The third-order valence-corrected chi connectivity index (χ3v) is 2.73. The zero-order valence-electron chi connectivity index (χ0n) is 8.34. The lowest BCUT2D eigenvalue weighted by Crippen LogP contribution is -2.34. The van der Waals surface area contributed by atoms with E-state index in [9.17, 15) is 0 Å². The zero-order chi connectivity index (χ0) is 9.52. The van der Waals surface area contributed by atoms with Crippen molar-refractivity contribution in [1.82, 2.24) is 5.32 Å². The van der Waals surface area contributed by atoms with Gasteiger partial charge in [0.2, 0.25) is 0 Å². The first kappa shape index (κ1) is 10.6. The third kappa shape index (κ3) is 3.38. The highest BCUT2D eigenvalue weighted by molar-refractivity contribution is 4.95. The molecule has 2 unspecified atom stereocenters. The topological polar surface area (TPSA) is 32.3 Å². The van der Waals surface area contributed by atoms with Crippen LogP contribution < -0.4 is 5.32 Å². The Hall–Kier alpha value is -0.520. The minimum absolute atomic E-state index is 0.330. The summed E-state index contributed by atoms with van der Waals surface area (Å²) in [5, 5.41) is 12.5. The Bertz CT molecular complexity index is 192. The summed E-state index contributed by atoms with van der Waals surface area (Å²) in [4.78, 5) is 0. The molecular formula is C11H19NO. The summed E-state index contributed by atoms with van der Waals surface area (Å²) < 4.78 is 0. The molecule has 0 aromatic carbocycles.